The standard InChI is InChI=1S/C17H20N4O2S/c22-15(20-16-18-8-11-24-16)14(12-13-6-2-1-3-7-13)19-17(23)21-9-4-5-10-21/h1-3,6-8,11,14H,4-5,9-10,12H2,(H,19,23)(H,18,20,22)/t14-/m0/s1. The number of anilines is 1. The fourth-order valence-corrected chi connectivity index (χ4v) is 3.23. The van der Waals surface area contributed by atoms with E-state index in [1.165, 1.54) is 11.3 Å². The Hall–Kier alpha value is -2.41. The summed E-state index contributed by atoms with van der Waals surface area (Å²) in [6, 6.07) is 8.86. The van der Waals surface area contributed by atoms with E-state index in [1.54, 1.807) is 16.5 Å². The fourth-order valence-electron chi connectivity index (χ4n) is 2.70. The first-order valence-corrected chi connectivity index (χ1v) is 8.90. The van der Waals surface area contributed by atoms with Crippen LogP contribution in [0, 0.1) is 0 Å². The minimum absolute atomic E-state index is 0.178. The van der Waals surface area contributed by atoms with Crippen molar-refractivity contribution in [2.24, 2.45) is 0 Å². The molecule has 0 bridgehead atoms. The molecule has 2 N–H and O–H groups in total. The Morgan fingerprint density at radius 2 is 1.96 bits per heavy atom. The fraction of sp³-hybridized carbons (Fsp3) is 0.353. The van der Waals surface area contributed by atoms with Crippen molar-refractivity contribution in [1.29, 1.82) is 0 Å². The summed E-state index contributed by atoms with van der Waals surface area (Å²) in [6.45, 7) is 1.50. The van der Waals surface area contributed by atoms with Crippen molar-refractivity contribution in [3.63, 3.8) is 0 Å². The van der Waals surface area contributed by atoms with Gasteiger partial charge in [-0.15, -0.1) is 11.3 Å². The second kappa shape index (κ2) is 7.92. The van der Waals surface area contributed by atoms with E-state index in [9.17, 15) is 9.59 Å². The van der Waals surface area contributed by atoms with Gasteiger partial charge in [0.25, 0.3) is 0 Å². The zero-order valence-electron chi connectivity index (χ0n) is 13.3. The molecule has 126 valence electrons. The number of rotatable bonds is 5. The normalized spacial score (nSPS) is 15.1. The van der Waals surface area contributed by atoms with E-state index < -0.39 is 6.04 Å². The highest BCUT2D eigenvalue weighted by molar-refractivity contribution is 7.13. The number of nitrogens with one attached hydrogen (secondary N) is 2. The van der Waals surface area contributed by atoms with Crippen LogP contribution in [0.3, 0.4) is 0 Å². The molecule has 1 aromatic carbocycles. The number of urea groups is 1. The van der Waals surface area contributed by atoms with Gasteiger partial charge in [-0.1, -0.05) is 30.3 Å². The Balaban J connectivity index is 1.69. The lowest BCUT2D eigenvalue weighted by Gasteiger charge is -2.22. The van der Waals surface area contributed by atoms with Gasteiger partial charge in [-0.2, -0.15) is 0 Å². The molecule has 0 aliphatic carbocycles. The molecule has 1 saturated heterocycles. The number of carbonyl (C=O) groups is 2. The third-order valence-electron chi connectivity index (χ3n) is 3.95. The number of hydrogen-bond donors (Lipinski definition) is 2. The summed E-state index contributed by atoms with van der Waals surface area (Å²) < 4.78 is 0. The highest BCUT2D eigenvalue weighted by Crippen LogP contribution is 2.13. The van der Waals surface area contributed by atoms with E-state index >= 15 is 0 Å². The summed E-state index contributed by atoms with van der Waals surface area (Å²) in [6.07, 6.45) is 4.11. The van der Waals surface area contributed by atoms with Crippen molar-refractivity contribution in [1.82, 2.24) is 15.2 Å². The molecule has 1 aliphatic heterocycles. The number of nitrogens with zero attached hydrogens (tertiary/aromatic N) is 2. The van der Waals surface area contributed by atoms with Crippen LogP contribution in [0.4, 0.5) is 9.93 Å². The highest BCUT2D eigenvalue weighted by Gasteiger charge is 2.25. The largest absolute Gasteiger partial charge is 0.326 e. The molecule has 3 rings (SSSR count). The van der Waals surface area contributed by atoms with Gasteiger partial charge >= 0.3 is 6.03 Å². The van der Waals surface area contributed by atoms with Crippen LogP contribution < -0.4 is 10.6 Å². The molecule has 7 heteroatoms. The second-order valence-electron chi connectivity index (χ2n) is 5.71. The Kier molecular flexibility index (Phi) is 5.43. The number of carbonyl (C=O) groups excluding carboxylic acids is 2. The van der Waals surface area contributed by atoms with Gasteiger partial charge in [0.15, 0.2) is 5.13 Å². The maximum absolute atomic E-state index is 12.6. The third kappa shape index (κ3) is 4.32. The maximum atomic E-state index is 12.6. The Morgan fingerprint density at radius 3 is 2.62 bits per heavy atom. The molecule has 0 radical (unpaired) electrons. The lowest BCUT2D eigenvalue weighted by molar-refractivity contribution is -0.118. The van der Waals surface area contributed by atoms with Crippen LogP contribution in [0.25, 0.3) is 0 Å². The topological polar surface area (TPSA) is 74.3 Å². The van der Waals surface area contributed by atoms with Crippen LogP contribution in [0.15, 0.2) is 41.9 Å². The zero-order valence-corrected chi connectivity index (χ0v) is 14.1. The predicted octanol–water partition coefficient (Wildman–Crippen LogP) is 2.50. The molecular formula is C17H20N4O2S. The Morgan fingerprint density at radius 1 is 1.21 bits per heavy atom. The van der Waals surface area contributed by atoms with Crippen molar-refractivity contribution in [3.05, 3.63) is 47.5 Å². The van der Waals surface area contributed by atoms with Crippen molar-refractivity contribution in [3.8, 4) is 0 Å². The maximum Gasteiger partial charge on any atom is 0.318 e. The molecule has 6 nitrogen and oxygen atoms in total. The molecule has 0 unspecified atom stereocenters. The van der Waals surface area contributed by atoms with E-state index in [0.29, 0.717) is 11.6 Å². The van der Waals surface area contributed by atoms with Crippen molar-refractivity contribution in [2.75, 3.05) is 18.4 Å². The number of amides is 3. The first-order chi connectivity index (χ1) is 11.7. The molecule has 3 amide bonds. The molecule has 2 aromatic rings. The van der Waals surface area contributed by atoms with Gasteiger partial charge in [0.2, 0.25) is 5.91 Å². The van der Waals surface area contributed by atoms with Crippen LogP contribution in [-0.2, 0) is 11.2 Å². The minimum Gasteiger partial charge on any atom is -0.326 e. The molecule has 0 spiro atoms. The highest BCUT2D eigenvalue weighted by atomic mass is 32.1. The van der Waals surface area contributed by atoms with E-state index in [2.05, 4.69) is 15.6 Å². The van der Waals surface area contributed by atoms with Gasteiger partial charge in [-0.05, 0) is 18.4 Å². The summed E-state index contributed by atoms with van der Waals surface area (Å²) in [5.74, 6) is -0.249. The molecule has 1 atom stereocenters. The van der Waals surface area contributed by atoms with E-state index in [-0.39, 0.29) is 11.9 Å². The minimum atomic E-state index is -0.635. The molecule has 1 aromatic heterocycles. The van der Waals surface area contributed by atoms with E-state index in [0.717, 1.165) is 31.5 Å². The molecule has 24 heavy (non-hydrogen) atoms. The molecule has 0 saturated carbocycles. The molecular weight excluding hydrogens is 324 g/mol. The summed E-state index contributed by atoms with van der Waals surface area (Å²) in [4.78, 5) is 30.8. The Bertz CT molecular complexity index is 669. The smallest absolute Gasteiger partial charge is 0.318 e. The van der Waals surface area contributed by atoms with Gasteiger partial charge in [-0.25, -0.2) is 9.78 Å². The van der Waals surface area contributed by atoms with Gasteiger partial charge in [-0.3, -0.25) is 4.79 Å². The number of benzene rings is 1. The SMILES string of the molecule is O=C(Nc1nccs1)[C@H](Cc1ccccc1)NC(=O)N1CCCC1. The summed E-state index contributed by atoms with van der Waals surface area (Å²) >= 11 is 1.35. The van der Waals surface area contributed by atoms with Crippen LogP contribution in [0.5, 0.6) is 0 Å². The predicted molar refractivity (Wildman–Crippen MR) is 94.0 cm³/mol. The summed E-state index contributed by atoms with van der Waals surface area (Å²) in [5.41, 5.74) is 0.999. The van der Waals surface area contributed by atoms with Gasteiger partial charge in [0.05, 0.1) is 0 Å². The lowest BCUT2D eigenvalue weighted by Crippen LogP contribution is -2.49. The van der Waals surface area contributed by atoms with Gasteiger partial charge in [0, 0.05) is 31.1 Å². The van der Waals surface area contributed by atoms with Crippen LogP contribution in [0.2, 0.25) is 0 Å². The van der Waals surface area contributed by atoms with E-state index in [4.69, 9.17) is 0 Å². The van der Waals surface area contributed by atoms with Crippen LogP contribution in [-0.4, -0.2) is 41.0 Å². The van der Waals surface area contributed by atoms with E-state index in [1.807, 2.05) is 30.3 Å². The number of hydrogen-bond acceptors (Lipinski definition) is 4. The van der Waals surface area contributed by atoms with Gasteiger partial charge < -0.3 is 15.5 Å². The van der Waals surface area contributed by atoms with Crippen molar-refractivity contribution < 1.29 is 9.59 Å². The van der Waals surface area contributed by atoms with Gasteiger partial charge in [0.1, 0.15) is 6.04 Å². The molecule has 1 aliphatic rings. The second-order valence-corrected chi connectivity index (χ2v) is 6.61. The lowest BCUT2D eigenvalue weighted by atomic mass is 10.1. The van der Waals surface area contributed by atoms with Crippen molar-refractivity contribution >= 4 is 28.4 Å². The zero-order chi connectivity index (χ0) is 16.8. The average Bonchev–Trinajstić information content (AvgIpc) is 3.29. The number of likely N-dealkylation sites (tertiary alicyclic amines) is 1. The quantitative estimate of drug-likeness (QED) is 0.875. The Labute approximate surface area is 144 Å². The average molecular weight is 344 g/mol. The number of aromatic nitrogens is 1. The molecule has 2 heterocycles. The summed E-state index contributed by atoms with van der Waals surface area (Å²) in [7, 11) is 0. The first kappa shape index (κ1) is 16.4. The van der Waals surface area contributed by atoms with Crippen LogP contribution in [0.1, 0.15) is 18.4 Å². The van der Waals surface area contributed by atoms with Crippen LogP contribution >= 0.6 is 11.3 Å². The third-order valence-corrected chi connectivity index (χ3v) is 4.64. The first-order valence-electron chi connectivity index (χ1n) is 8.02. The molecule has 1 fully saturated rings. The van der Waals surface area contributed by atoms with Crippen molar-refractivity contribution in [2.45, 2.75) is 25.3 Å². The number of thiazole rings is 1. The summed E-state index contributed by atoms with van der Waals surface area (Å²) in [5, 5.41) is 7.98. The monoisotopic (exact) mass is 344 g/mol.